The monoisotopic (exact) mass is 265 g/mol. The average Bonchev–Trinajstić information content (AvgIpc) is 2.63. The molecule has 3 heteroatoms. The van der Waals surface area contributed by atoms with E-state index >= 15 is 0 Å². The molecule has 5 rings (SSSR count). The van der Waals surface area contributed by atoms with Gasteiger partial charge in [0.2, 0.25) is 0 Å². The Hall–Kier alpha value is -0.120. The third kappa shape index (κ3) is 2.57. The van der Waals surface area contributed by atoms with Crippen LogP contribution in [0, 0.1) is 17.8 Å². The van der Waals surface area contributed by atoms with Gasteiger partial charge in [0.1, 0.15) is 0 Å². The first-order chi connectivity index (χ1) is 9.31. The fourth-order valence-corrected chi connectivity index (χ4v) is 5.35. The Morgan fingerprint density at radius 1 is 1.05 bits per heavy atom. The van der Waals surface area contributed by atoms with Crippen LogP contribution in [0.25, 0.3) is 0 Å². The van der Waals surface area contributed by atoms with Crippen molar-refractivity contribution in [3.63, 3.8) is 0 Å². The predicted molar refractivity (Wildman–Crippen MR) is 74.1 cm³/mol. The van der Waals surface area contributed by atoms with E-state index in [2.05, 4.69) is 5.32 Å². The molecule has 1 saturated heterocycles. The highest BCUT2D eigenvalue weighted by molar-refractivity contribution is 5.03. The molecule has 0 aromatic carbocycles. The van der Waals surface area contributed by atoms with Crippen molar-refractivity contribution < 1.29 is 9.47 Å². The van der Waals surface area contributed by atoms with Crippen molar-refractivity contribution in [3.8, 4) is 0 Å². The Bertz CT molecular complexity index is 287. The van der Waals surface area contributed by atoms with Gasteiger partial charge in [-0.3, -0.25) is 0 Å². The summed E-state index contributed by atoms with van der Waals surface area (Å²) < 4.78 is 12.4. The largest absolute Gasteiger partial charge is 0.374 e. The normalized spacial score (nSPS) is 49.3. The summed E-state index contributed by atoms with van der Waals surface area (Å²) in [7, 11) is 0. The van der Waals surface area contributed by atoms with Crippen LogP contribution in [0.15, 0.2) is 0 Å². The van der Waals surface area contributed by atoms with Crippen LogP contribution in [0.3, 0.4) is 0 Å². The van der Waals surface area contributed by atoms with Gasteiger partial charge in [-0.2, -0.15) is 0 Å². The van der Waals surface area contributed by atoms with Crippen LogP contribution in [0.5, 0.6) is 0 Å². The highest BCUT2D eigenvalue weighted by Gasteiger charge is 2.51. The van der Waals surface area contributed by atoms with Crippen molar-refractivity contribution >= 4 is 0 Å². The van der Waals surface area contributed by atoms with Crippen molar-refractivity contribution in [2.24, 2.45) is 17.8 Å². The summed E-state index contributed by atoms with van der Waals surface area (Å²) in [5.41, 5.74) is 0.240. The third-order valence-electron chi connectivity index (χ3n) is 5.78. The van der Waals surface area contributed by atoms with Gasteiger partial charge in [-0.1, -0.05) is 0 Å². The van der Waals surface area contributed by atoms with Gasteiger partial charge >= 0.3 is 0 Å². The lowest BCUT2D eigenvalue weighted by atomic mass is 9.54. The molecule has 5 fully saturated rings. The number of rotatable bonds is 3. The zero-order chi connectivity index (χ0) is 12.7. The molecule has 108 valence electrons. The first kappa shape index (κ1) is 12.6. The molecule has 4 bridgehead atoms. The molecule has 1 aliphatic heterocycles. The second-order valence-electron chi connectivity index (χ2n) is 7.46. The van der Waals surface area contributed by atoms with Crippen molar-refractivity contribution in [3.05, 3.63) is 0 Å². The van der Waals surface area contributed by atoms with Crippen molar-refractivity contribution in [1.82, 2.24) is 5.32 Å². The van der Waals surface area contributed by atoms with Crippen LogP contribution in [0.2, 0.25) is 0 Å². The zero-order valence-corrected chi connectivity index (χ0v) is 11.9. The van der Waals surface area contributed by atoms with E-state index in [4.69, 9.17) is 9.47 Å². The van der Waals surface area contributed by atoms with Crippen LogP contribution in [-0.4, -0.2) is 38.0 Å². The Kier molecular flexibility index (Phi) is 3.33. The summed E-state index contributed by atoms with van der Waals surface area (Å²) in [5, 5.41) is 3.45. The number of nitrogens with one attached hydrogen (secondary N) is 1. The summed E-state index contributed by atoms with van der Waals surface area (Å²) in [5.74, 6) is 2.92. The van der Waals surface area contributed by atoms with Crippen LogP contribution in [-0.2, 0) is 9.47 Å². The summed E-state index contributed by atoms with van der Waals surface area (Å²) >= 11 is 0. The summed E-state index contributed by atoms with van der Waals surface area (Å²) in [6.07, 6.45) is 9.87. The standard InChI is InChI=1S/C16H27NO2/c1-2-17-10-15(18-3-1)11-19-16-7-12-4-13(8-16)6-14(5-12)9-16/h12-15,17H,1-11H2. The molecule has 0 radical (unpaired) electrons. The van der Waals surface area contributed by atoms with Gasteiger partial charge in [0.15, 0.2) is 0 Å². The van der Waals surface area contributed by atoms with Crippen LogP contribution in [0.1, 0.15) is 44.9 Å². The minimum atomic E-state index is 0.240. The first-order valence-electron chi connectivity index (χ1n) is 8.28. The van der Waals surface area contributed by atoms with Gasteiger partial charge in [-0.05, 0) is 69.2 Å². The molecule has 0 aromatic heterocycles. The van der Waals surface area contributed by atoms with Gasteiger partial charge in [0.05, 0.1) is 18.3 Å². The molecule has 1 heterocycles. The van der Waals surface area contributed by atoms with E-state index in [1.54, 1.807) is 0 Å². The zero-order valence-electron chi connectivity index (χ0n) is 11.9. The topological polar surface area (TPSA) is 30.5 Å². The summed E-state index contributed by atoms with van der Waals surface area (Å²) in [6.45, 7) is 3.75. The lowest BCUT2D eigenvalue weighted by Gasteiger charge is -2.56. The van der Waals surface area contributed by atoms with E-state index < -0.39 is 0 Å². The molecular weight excluding hydrogens is 238 g/mol. The molecule has 4 aliphatic carbocycles. The van der Waals surface area contributed by atoms with E-state index in [0.717, 1.165) is 50.5 Å². The molecule has 3 nitrogen and oxygen atoms in total. The SMILES string of the molecule is C1CNCC(COC23CC4CC(CC(C4)C2)C3)OC1. The van der Waals surface area contributed by atoms with E-state index in [1.165, 1.54) is 38.5 Å². The minimum Gasteiger partial charge on any atom is -0.374 e. The Morgan fingerprint density at radius 3 is 2.42 bits per heavy atom. The second-order valence-corrected chi connectivity index (χ2v) is 7.46. The van der Waals surface area contributed by atoms with Crippen LogP contribution in [0.4, 0.5) is 0 Å². The Balaban J connectivity index is 1.36. The number of hydrogen-bond acceptors (Lipinski definition) is 3. The molecule has 1 atom stereocenters. The van der Waals surface area contributed by atoms with Gasteiger partial charge in [-0.25, -0.2) is 0 Å². The summed E-state index contributed by atoms with van der Waals surface area (Å²) in [6, 6.07) is 0. The minimum absolute atomic E-state index is 0.240. The van der Waals surface area contributed by atoms with E-state index in [-0.39, 0.29) is 11.7 Å². The lowest BCUT2D eigenvalue weighted by molar-refractivity contribution is -0.178. The van der Waals surface area contributed by atoms with Gasteiger partial charge in [-0.15, -0.1) is 0 Å². The smallest absolute Gasteiger partial charge is 0.0932 e. The fraction of sp³-hybridized carbons (Fsp3) is 1.00. The molecular formula is C16H27NO2. The van der Waals surface area contributed by atoms with Gasteiger partial charge < -0.3 is 14.8 Å². The van der Waals surface area contributed by atoms with Gasteiger partial charge in [0.25, 0.3) is 0 Å². The molecule has 0 aromatic rings. The second kappa shape index (κ2) is 5.01. The van der Waals surface area contributed by atoms with Crippen molar-refractivity contribution in [1.29, 1.82) is 0 Å². The Labute approximate surface area is 116 Å². The average molecular weight is 265 g/mol. The van der Waals surface area contributed by atoms with Gasteiger partial charge in [0, 0.05) is 13.2 Å². The number of ether oxygens (including phenoxy) is 2. The third-order valence-corrected chi connectivity index (χ3v) is 5.78. The maximum absolute atomic E-state index is 6.47. The fourth-order valence-electron chi connectivity index (χ4n) is 5.35. The Morgan fingerprint density at radius 2 is 1.74 bits per heavy atom. The highest BCUT2D eigenvalue weighted by atomic mass is 16.5. The van der Waals surface area contributed by atoms with Crippen LogP contribution < -0.4 is 5.32 Å². The molecule has 1 unspecified atom stereocenters. The maximum Gasteiger partial charge on any atom is 0.0932 e. The molecule has 4 saturated carbocycles. The molecule has 0 amide bonds. The maximum atomic E-state index is 6.47. The van der Waals surface area contributed by atoms with Crippen molar-refractivity contribution in [2.75, 3.05) is 26.3 Å². The number of hydrogen-bond donors (Lipinski definition) is 1. The molecule has 1 N–H and O–H groups in total. The summed E-state index contributed by atoms with van der Waals surface area (Å²) in [4.78, 5) is 0. The molecule has 0 spiro atoms. The van der Waals surface area contributed by atoms with Crippen LogP contribution >= 0.6 is 0 Å². The highest BCUT2D eigenvalue weighted by Crippen LogP contribution is 2.57. The quantitative estimate of drug-likeness (QED) is 0.849. The first-order valence-corrected chi connectivity index (χ1v) is 8.28. The predicted octanol–water partition coefficient (Wildman–Crippen LogP) is 2.35. The van der Waals surface area contributed by atoms with E-state index in [1.807, 2.05) is 0 Å². The molecule has 5 aliphatic rings. The molecule has 19 heavy (non-hydrogen) atoms. The lowest BCUT2D eigenvalue weighted by Crippen LogP contribution is -2.53. The van der Waals surface area contributed by atoms with Crippen molar-refractivity contribution in [2.45, 2.75) is 56.7 Å². The van der Waals surface area contributed by atoms with E-state index in [9.17, 15) is 0 Å². The van der Waals surface area contributed by atoms with E-state index in [0.29, 0.717) is 0 Å².